The van der Waals surface area contributed by atoms with Crippen LogP contribution in [0, 0.1) is 0 Å². The number of anilines is 1. The average molecular weight is 404 g/mol. The SMILES string of the molecule is CN(C)c1ccc(/C=C/C2=[N+](C)c3ccccc3C2(C)C)cc1.O=S(=O)(O)O. The maximum absolute atomic E-state index is 8.74. The van der Waals surface area contributed by atoms with Crippen LogP contribution in [0.5, 0.6) is 0 Å². The van der Waals surface area contributed by atoms with Crippen molar-refractivity contribution in [3.8, 4) is 0 Å². The summed E-state index contributed by atoms with van der Waals surface area (Å²) < 4.78 is 33.9. The fraction of sp³-hybridized carbons (Fsp3) is 0.286. The van der Waals surface area contributed by atoms with Gasteiger partial charge in [-0.25, -0.2) is 0 Å². The van der Waals surface area contributed by atoms with E-state index in [1.165, 1.54) is 28.2 Å². The van der Waals surface area contributed by atoms with Crippen LogP contribution in [-0.2, 0) is 15.8 Å². The fourth-order valence-electron chi connectivity index (χ4n) is 3.36. The summed E-state index contributed by atoms with van der Waals surface area (Å²) >= 11 is 0. The Morgan fingerprint density at radius 3 is 2.00 bits per heavy atom. The van der Waals surface area contributed by atoms with Gasteiger partial charge < -0.3 is 4.90 Å². The molecule has 0 radical (unpaired) electrons. The molecule has 6 nitrogen and oxygen atoms in total. The molecule has 0 atom stereocenters. The van der Waals surface area contributed by atoms with Crippen molar-refractivity contribution in [2.24, 2.45) is 0 Å². The van der Waals surface area contributed by atoms with Gasteiger partial charge in [-0.2, -0.15) is 13.0 Å². The molecule has 0 spiro atoms. The summed E-state index contributed by atoms with van der Waals surface area (Å²) in [5.74, 6) is 0. The van der Waals surface area contributed by atoms with E-state index < -0.39 is 10.4 Å². The van der Waals surface area contributed by atoms with E-state index in [0.29, 0.717) is 0 Å². The number of hydrogen-bond acceptors (Lipinski definition) is 3. The molecule has 2 aromatic rings. The first-order valence-electron chi connectivity index (χ1n) is 8.77. The molecule has 28 heavy (non-hydrogen) atoms. The molecule has 0 saturated carbocycles. The van der Waals surface area contributed by atoms with Crippen molar-refractivity contribution in [3.63, 3.8) is 0 Å². The molecule has 3 rings (SSSR count). The van der Waals surface area contributed by atoms with E-state index in [9.17, 15) is 0 Å². The standard InChI is InChI=1S/C21H25N2.H2O4S/c1-21(2)18-8-6-7-9-19(18)23(5)20(21)15-12-16-10-13-17(14-11-16)22(3)4;1-5(2,3)4/h6-15H,1-5H3;(H2,1,2,3,4)/q+1;. The van der Waals surface area contributed by atoms with Crippen molar-refractivity contribution in [3.05, 3.63) is 65.7 Å². The third-order valence-electron chi connectivity index (χ3n) is 4.78. The molecular formula is C21H27N2O4S+. The van der Waals surface area contributed by atoms with Crippen molar-refractivity contribution in [2.45, 2.75) is 19.3 Å². The van der Waals surface area contributed by atoms with Crippen LogP contribution in [0.1, 0.15) is 25.0 Å². The highest BCUT2D eigenvalue weighted by atomic mass is 32.3. The van der Waals surface area contributed by atoms with Crippen LogP contribution >= 0.6 is 0 Å². The number of fused-ring (bicyclic) bond motifs is 1. The topological polar surface area (TPSA) is 80.9 Å². The third kappa shape index (κ3) is 5.28. The summed E-state index contributed by atoms with van der Waals surface area (Å²) in [5, 5.41) is 0. The lowest BCUT2D eigenvalue weighted by molar-refractivity contribution is -0.401. The molecule has 2 N–H and O–H groups in total. The normalized spacial score (nSPS) is 15.2. The van der Waals surface area contributed by atoms with E-state index in [-0.39, 0.29) is 5.41 Å². The lowest BCUT2D eigenvalue weighted by atomic mass is 9.81. The van der Waals surface area contributed by atoms with E-state index in [1.54, 1.807) is 0 Å². The second-order valence-corrected chi connectivity index (χ2v) is 8.25. The first kappa shape index (κ1) is 21.8. The molecule has 1 heterocycles. The Morgan fingerprint density at radius 1 is 0.964 bits per heavy atom. The molecule has 150 valence electrons. The van der Waals surface area contributed by atoms with Gasteiger partial charge in [-0.1, -0.05) is 30.3 Å². The van der Waals surface area contributed by atoms with Crippen molar-refractivity contribution < 1.29 is 22.1 Å². The average Bonchev–Trinajstić information content (AvgIpc) is 2.79. The van der Waals surface area contributed by atoms with Gasteiger partial charge in [0, 0.05) is 37.5 Å². The first-order valence-corrected chi connectivity index (χ1v) is 10.2. The van der Waals surface area contributed by atoms with Crippen molar-refractivity contribution in [1.29, 1.82) is 0 Å². The van der Waals surface area contributed by atoms with Gasteiger partial charge in [-0.3, -0.25) is 9.11 Å². The Morgan fingerprint density at radius 2 is 1.50 bits per heavy atom. The van der Waals surface area contributed by atoms with Gasteiger partial charge in [-0.15, -0.1) is 0 Å². The molecule has 0 unspecified atom stereocenters. The van der Waals surface area contributed by atoms with Crippen LogP contribution in [-0.4, -0.2) is 49.0 Å². The molecule has 0 amide bonds. The maximum Gasteiger partial charge on any atom is 0.394 e. The van der Waals surface area contributed by atoms with Crippen LogP contribution in [0.2, 0.25) is 0 Å². The molecule has 2 aromatic carbocycles. The van der Waals surface area contributed by atoms with Gasteiger partial charge in [0.25, 0.3) is 0 Å². The summed E-state index contributed by atoms with van der Waals surface area (Å²) in [5.41, 5.74) is 6.51. The zero-order chi connectivity index (χ0) is 21.1. The minimum absolute atomic E-state index is 0.0332. The quantitative estimate of drug-likeness (QED) is 0.602. The summed E-state index contributed by atoms with van der Waals surface area (Å²) in [6.07, 6.45) is 4.46. The van der Waals surface area contributed by atoms with Crippen molar-refractivity contribution >= 4 is 33.6 Å². The number of hydrogen-bond donors (Lipinski definition) is 2. The predicted molar refractivity (Wildman–Crippen MR) is 114 cm³/mol. The highest BCUT2D eigenvalue weighted by molar-refractivity contribution is 7.79. The van der Waals surface area contributed by atoms with E-state index in [0.717, 1.165) is 0 Å². The summed E-state index contributed by atoms with van der Waals surface area (Å²) in [4.78, 5) is 2.12. The van der Waals surface area contributed by atoms with Gasteiger partial charge >= 0.3 is 10.4 Å². The predicted octanol–water partition coefficient (Wildman–Crippen LogP) is 3.82. The zero-order valence-electron chi connectivity index (χ0n) is 16.8. The highest BCUT2D eigenvalue weighted by Gasteiger charge is 2.42. The van der Waals surface area contributed by atoms with Crippen molar-refractivity contribution in [2.75, 3.05) is 26.0 Å². The molecular weight excluding hydrogens is 376 g/mol. The van der Waals surface area contributed by atoms with Crippen LogP contribution in [0.25, 0.3) is 6.08 Å². The molecule has 0 bridgehead atoms. The molecule has 1 aliphatic heterocycles. The van der Waals surface area contributed by atoms with E-state index in [2.05, 4.69) is 105 Å². The molecule has 7 heteroatoms. The Balaban J connectivity index is 0.000000500. The summed E-state index contributed by atoms with van der Waals surface area (Å²) in [6, 6.07) is 17.3. The second kappa shape index (κ2) is 8.26. The Bertz CT molecular complexity index is 997. The number of rotatable bonds is 3. The lowest BCUT2D eigenvalue weighted by Gasteiger charge is -2.15. The zero-order valence-corrected chi connectivity index (χ0v) is 17.6. The molecule has 0 aliphatic carbocycles. The Hall–Kier alpha value is -2.48. The van der Waals surface area contributed by atoms with Gasteiger partial charge in [-0.05, 0) is 37.6 Å². The molecule has 1 aliphatic rings. The molecule has 0 fully saturated rings. The summed E-state index contributed by atoms with van der Waals surface area (Å²) in [7, 11) is 1.62. The first-order chi connectivity index (χ1) is 12.9. The van der Waals surface area contributed by atoms with Crippen LogP contribution in [0.3, 0.4) is 0 Å². The largest absolute Gasteiger partial charge is 0.394 e. The maximum atomic E-state index is 8.74. The van der Waals surface area contributed by atoms with Gasteiger partial charge in [0.15, 0.2) is 5.71 Å². The van der Waals surface area contributed by atoms with E-state index >= 15 is 0 Å². The fourth-order valence-corrected chi connectivity index (χ4v) is 3.36. The second-order valence-electron chi connectivity index (χ2n) is 7.35. The van der Waals surface area contributed by atoms with E-state index in [1.807, 2.05) is 0 Å². The van der Waals surface area contributed by atoms with Crippen molar-refractivity contribution in [1.82, 2.24) is 0 Å². The van der Waals surface area contributed by atoms with Crippen LogP contribution in [0.15, 0.2) is 54.6 Å². The van der Waals surface area contributed by atoms with Crippen LogP contribution in [0.4, 0.5) is 11.4 Å². The Labute approximate surface area is 167 Å². The van der Waals surface area contributed by atoms with Gasteiger partial charge in [0.2, 0.25) is 5.69 Å². The number of allylic oxidation sites excluding steroid dienone is 1. The van der Waals surface area contributed by atoms with Gasteiger partial charge in [0.1, 0.15) is 7.05 Å². The molecule has 0 saturated heterocycles. The summed E-state index contributed by atoms with van der Waals surface area (Å²) in [6.45, 7) is 4.59. The third-order valence-corrected chi connectivity index (χ3v) is 4.78. The number of nitrogens with zero attached hydrogens (tertiary/aromatic N) is 2. The van der Waals surface area contributed by atoms with E-state index in [4.69, 9.17) is 17.5 Å². The number of benzene rings is 2. The monoisotopic (exact) mass is 403 g/mol. The smallest absolute Gasteiger partial charge is 0.378 e. The molecule has 0 aromatic heterocycles. The van der Waals surface area contributed by atoms with Gasteiger partial charge in [0.05, 0.1) is 5.41 Å². The Kier molecular flexibility index (Phi) is 6.44. The highest BCUT2D eigenvalue weighted by Crippen LogP contribution is 2.39. The number of para-hydroxylation sites is 1. The lowest BCUT2D eigenvalue weighted by Crippen LogP contribution is -2.26. The van der Waals surface area contributed by atoms with Crippen LogP contribution < -0.4 is 4.90 Å². The minimum Gasteiger partial charge on any atom is -0.378 e. The minimum atomic E-state index is -4.67.